The Morgan fingerprint density at radius 3 is 2.53 bits per heavy atom. The second kappa shape index (κ2) is 12.9. The summed E-state index contributed by atoms with van der Waals surface area (Å²) in [5, 5.41) is 0.862. The largest absolute Gasteiger partial charge is 0.350 e. The normalized spacial score (nSPS) is 21.1. The molecule has 1 aromatic heterocycles. The summed E-state index contributed by atoms with van der Waals surface area (Å²) < 4.78 is 56.5. The highest BCUT2D eigenvalue weighted by atomic mass is 35.5. The fourth-order valence-corrected chi connectivity index (χ4v) is 8.29. The van der Waals surface area contributed by atoms with Crippen LogP contribution in [0.4, 0.5) is 23.4 Å². The van der Waals surface area contributed by atoms with Gasteiger partial charge in [-0.05, 0) is 31.2 Å². The average molecular weight is 665 g/mol. The van der Waals surface area contributed by atoms with Crippen LogP contribution in [-0.4, -0.2) is 107 Å². The Kier molecular flexibility index (Phi) is 9.15. The number of benzene rings is 2. The molecule has 3 aromatic rings. The zero-order valence-electron chi connectivity index (χ0n) is 24.7. The van der Waals surface area contributed by atoms with Gasteiger partial charge in [-0.2, -0.15) is 4.98 Å². The second-order valence-electron chi connectivity index (χ2n) is 11.7. The molecule has 1 amide bonds. The van der Waals surface area contributed by atoms with E-state index in [4.69, 9.17) is 11.6 Å². The number of halogens is 5. The SMILES string of the molecule is C=CC(=O)N1CCN(c2nc(=O)n3c4c(c(-c5ccc(F)cc5F)c(Cl)cc24)SC[C@@H]3CN2CCN(CC(F)F)CC2)[C@@H](C)C1. The highest BCUT2D eigenvalue weighted by molar-refractivity contribution is 7.99. The minimum Gasteiger partial charge on any atom is -0.350 e. The van der Waals surface area contributed by atoms with E-state index < -0.39 is 23.7 Å². The summed E-state index contributed by atoms with van der Waals surface area (Å²) in [5.41, 5.74) is 0.611. The smallest absolute Gasteiger partial charge is 0.350 e. The fourth-order valence-electron chi connectivity index (χ4n) is 6.61. The summed E-state index contributed by atoms with van der Waals surface area (Å²) in [6, 6.07) is 4.54. The Morgan fingerprint density at radius 2 is 1.87 bits per heavy atom. The molecular weight excluding hydrogens is 632 g/mol. The van der Waals surface area contributed by atoms with Gasteiger partial charge in [0.05, 0.1) is 23.1 Å². The molecule has 8 nitrogen and oxygen atoms in total. The van der Waals surface area contributed by atoms with Crippen LogP contribution >= 0.6 is 23.4 Å². The quantitative estimate of drug-likeness (QED) is 0.267. The van der Waals surface area contributed by atoms with E-state index in [9.17, 15) is 22.8 Å². The van der Waals surface area contributed by atoms with E-state index in [0.29, 0.717) is 85.3 Å². The van der Waals surface area contributed by atoms with E-state index in [1.807, 2.05) is 11.8 Å². The summed E-state index contributed by atoms with van der Waals surface area (Å²) in [4.78, 5) is 39.0. The van der Waals surface area contributed by atoms with Crippen molar-refractivity contribution in [3.8, 4) is 11.1 Å². The minimum atomic E-state index is -2.39. The van der Waals surface area contributed by atoms with Crippen molar-refractivity contribution in [2.24, 2.45) is 0 Å². The van der Waals surface area contributed by atoms with Crippen molar-refractivity contribution in [2.45, 2.75) is 30.3 Å². The molecule has 0 aliphatic carbocycles. The molecule has 240 valence electrons. The maximum atomic E-state index is 15.2. The van der Waals surface area contributed by atoms with Gasteiger partial charge < -0.3 is 9.80 Å². The number of aromatic nitrogens is 2. The third-order valence-electron chi connectivity index (χ3n) is 8.80. The van der Waals surface area contributed by atoms with Gasteiger partial charge in [0.1, 0.15) is 17.5 Å². The van der Waals surface area contributed by atoms with Crippen LogP contribution in [0.2, 0.25) is 5.02 Å². The molecular formula is C31H33ClF4N6O2S. The van der Waals surface area contributed by atoms with E-state index in [1.165, 1.54) is 30.0 Å². The Bertz CT molecular complexity index is 1700. The van der Waals surface area contributed by atoms with Gasteiger partial charge in [0.15, 0.2) is 0 Å². The monoisotopic (exact) mass is 664 g/mol. The Morgan fingerprint density at radius 1 is 1.13 bits per heavy atom. The molecule has 2 atom stereocenters. The third kappa shape index (κ3) is 6.19. The summed E-state index contributed by atoms with van der Waals surface area (Å²) in [5.74, 6) is -0.753. The molecule has 2 saturated heterocycles. The van der Waals surface area contributed by atoms with Crippen molar-refractivity contribution in [1.29, 1.82) is 0 Å². The van der Waals surface area contributed by atoms with Crippen molar-refractivity contribution < 1.29 is 22.4 Å². The van der Waals surface area contributed by atoms with E-state index >= 15 is 4.39 Å². The van der Waals surface area contributed by atoms with E-state index in [0.717, 1.165) is 6.07 Å². The lowest BCUT2D eigenvalue weighted by Crippen LogP contribution is -2.54. The summed E-state index contributed by atoms with van der Waals surface area (Å²) in [6.07, 6.45) is -1.11. The molecule has 3 aliphatic rings. The molecule has 6 rings (SSSR count). The van der Waals surface area contributed by atoms with Crippen LogP contribution in [0.15, 0.2) is 46.6 Å². The molecule has 0 unspecified atom stereocenters. The maximum absolute atomic E-state index is 15.2. The topological polar surface area (TPSA) is 64.9 Å². The van der Waals surface area contributed by atoms with Crippen LogP contribution in [0, 0.1) is 11.6 Å². The van der Waals surface area contributed by atoms with E-state index in [1.54, 1.807) is 20.4 Å². The number of piperazine rings is 2. The van der Waals surface area contributed by atoms with Crippen molar-refractivity contribution in [3.63, 3.8) is 0 Å². The highest BCUT2D eigenvalue weighted by Gasteiger charge is 2.35. The zero-order chi connectivity index (χ0) is 32.0. The Balaban J connectivity index is 1.44. The van der Waals surface area contributed by atoms with Crippen molar-refractivity contribution in [1.82, 2.24) is 24.3 Å². The molecule has 0 saturated carbocycles. The number of carbonyl (C=O) groups is 1. The molecule has 2 aromatic carbocycles. The molecule has 2 fully saturated rings. The van der Waals surface area contributed by atoms with Gasteiger partial charge in [0.25, 0.3) is 6.43 Å². The number of carbonyl (C=O) groups excluding carboxylic acids is 1. The van der Waals surface area contributed by atoms with Gasteiger partial charge in [-0.1, -0.05) is 18.2 Å². The number of hydrogen-bond donors (Lipinski definition) is 0. The lowest BCUT2D eigenvalue weighted by molar-refractivity contribution is -0.126. The van der Waals surface area contributed by atoms with Crippen molar-refractivity contribution in [3.05, 3.63) is 64.1 Å². The van der Waals surface area contributed by atoms with Crippen molar-refractivity contribution >= 4 is 46.0 Å². The number of alkyl halides is 2. The van der Waals surface area contributed by atoms with Crippen LogP contribution in [0.1, 0.15) is 13.0 Å². The number of anilines is 1. The van der Waals surface area contributed by atoms with E-state index in [2.05, 4.69) is 16.5 Å². The van der Waals surface area contributed by atoms with Crippen LogP contribution in [0.3, 0.4) is 0 Å². The average Bonchev–Trinajstić information content (AvgIpc) is 3.00. The third-order valence-corrected chi connectivity index (χ3v) is 10.3. The number of thioether (sulfide) groups is 1. The van der Waals surface area contributed by atoms with Gasteiger partial charge >= 0.3 is 5.69 Å². The minimum absolute atomic E-state index is 0.127. The fraction of sp³-hybridized carbons (Fsp3) is 0.452. The molecule has 3 aliphatic heterocycles. The lowest BCUT2D eigenvalue weighted by atomic mass is 10.0. The summed E-state index contributed by atoms with van der Waals surface area (Å²) in [7, 11) is 0. The molecule has 45 heavy (non-hydrogen) atoms. The molecule has 0 N–H and O–H groups in total. The molecule has 4 heterocycles. The molecule has 0 radical (unpaired) electrons. The maximum Gasteiger partial charge on any atom is 0.350 e. The van der Waals surface area contributed by atoms with Crippen LogP contribution < -0.4 is 10.6 Å². The Hall–Kier alpha value is -3.13. The van der Waals surface area contributed by atoms with Gasteiger partial charge in [0.2, 0.25) is 5.91 Å². The first kappa shape index (κ1) is 31.8. The number of rotatable bonds is 7. The molecule has 14 heteroatoms. The predicted molar refractivity (Wildman–Crippen MR) is 169 cm³/mol. The van der Waals surface area contributed by atoms with Crippen LogP contribution in [0.5, 0.6) is 0 Å². The van der Waals surface area contributed by atoms with Gasteiger partial charge in [-0.15, -0.1) is 11.8 Å². The van der Waals surface area contributed by atoms with Crippen molar-refractivity contribution in [2.75, 3.05) is 69.6 Å². The number of hydrogen-bond acceptors (Lipinski definition) is 7. The van der Waals surface area contributed by atoms with Gasteiger partial charge in [0, 0.05) is 91.6 Å². The summed E-state index contributed by atoms with van der Waals surface area (Å²) >= 11 is 8.34. The predicted octanol–water partition coefficient (Wildman–Crippen LogP) is 4.75. The first-order chi connectivity index (χ1) is 21.5. The first-order valence-electron chi connectivity index (χ1n) is 14.8. The first-order valence-corrected chi connectivity index (χ1v) is 16.2. The van der Waals surface area contributed by atoms with E-state index in [-0.39, 0.29) is 35.1 Å². The van der Waals surface area contributed by atoms with Crippen LogP contribution in [0.25, 0.3) is 22.0 Å². The second-order valence-corrected chi connectivity index (χ2v) is 13.1. The molecule has 0 spiro atoms. The van der Waals surface area contributed by atoms with Gasteiger partial charge in [-0.3, -0.25) is 19.2 Å². The lowest BCUT2D eigenvalue weighted by Gasteiger charge is -2.41. The highest BCUT2D eigenvalue weighted by Crippen LogP contribution is 2.48. The summed E-state index contributed by atoms with van der Waals surface area (Å²) in [6.45, 7) is 9.20. The Labute approximate surface area is 267 Å². The number of nitrogens with zero attached hydrogens (tertiary/aromatic N) is 6. The zero-order valence-corrected chi connectivity index (χ0v) is 26.3. The van der Waals surface area contributed by atoms with Crippen LogP contribution in [-0.2, 0) is 4.79 Å². The number of amides is 1. The van der Waals surface area contributed by atoms with Gasteiger partial charge in [-0.25, -0.2) is 22.4 Å². The standard InChI is InChI=1S/C31H33ClF4N6O2S/c1-3-26(43)40-10-11-41(18(2)14-40)30-22-13-23(32)27(21-5-4-19(33)12-24(21)34)29-28(22)42(31(44)37-30)20(17-45-29)15-38-6-8-39(9-7-38)16-25(35)36/h3-5,12-13,18,20,25H,1,6-11,14-17H2,2H3/t18-,20-/m0/s1. The molecule has 0 bridgehead atoms.